The summed E-state index contributed by atoms with van der Waals surface area (Å²) in [7, 11) is 0. The number of rotatable bonds is 1. The molecule has 0 atom stereocenters. The summed E-state index contributed by atoms with van der Waals surface area (Å²) in [6.07, 6.45) is 4.73. The topological polar surface area (TPSA) is 0 Å². The molecule has 0 saturated carbocycles. The first-order chi connectivity index (χ1) is 4.25. The van der Waals surface area contributed by atoms with Gasteiger partial charge in [-0.25, -0.2) is 0 Å². The maximum Gasteiger partial charge on any atom is -0.147 e. The first-order valence-corrected chi connectivity index (χ1v) is 4.14. The predicted octanol–water partition coefficient (Wildman–Crippen LogP) is 3.39. The molecule has 0 amide bonds. The summed E-state index contributed by atoms with van der Waals surface area (Å²) in [5.74, 6) is 0. The Morgan fingerprint density at radius 2 is 2.00 bits per heavy atom. The first kappa shape index (κ1) is 14.3. The Morgan fingerprint density at radius 1 is 1.45 bits per heavy atom. The van der Waals surface area contributed by atoms with Gasteiger partial charge in [0.1, 0.15) is 0 Å². The number of allylic oxidation sites excluding steroid dienone is 4. The molecule has 0 bridgehead atoms. The summed E-state index contributed by atoms with van der Waals surface area (Å²) in [4.78, 5) is 0. The minimum Gasteiger partial charge on any atom is -0.147 e. The Labute approximate surface area is 92.7 Å². The molecule has 0 aromatic rings. The van der Waals surface area contributed by atoms with Crippen LogP contribution in [0, 0.1) is 0 Å². The van der Waals surface area contributed by atoms with Gasteiger partial charge in [0.25, 0.3) is 0 Å². The van der Waals surface area contributed by atoms with Crippen molar-refractivity contribution < 1.29 is 20.4 Å². The molecule has 0 unspecified atom stereocenters. The van der Waals surface area contributed by atoms with Crippen molar-refractivity contribution in [1.29, 1.82) is 0 Å². The minimum atomic E-state index is 0. The van der Waals surface area contributed by atoms with Crippen molar-refractivity contribution in [2.75, 3.05) is 0 Å². The van der Waals surface area contributed by atoms with Crippen LogP contribution in [0.5, 0.6) is 0 Å². The molecule has 0 fully saturated rings. The first-order valence-electron chi connectivity index (χ1n) is 3.36. The van der Waals surface area contributed by atoms with E-state index in [2.05, 4.69) is 40.4 Å². The molecule has 11 heavy (non-hydrogen) atoms. The average molecular weight is 228 g/mol. The summed E-state index contributed by atoms with van der Waals surface area (Å²) in [6, 6.07) is 0. The minimum absolute atomic E-state index is 0. The second kappa shape index (κ2) is 6.31. The molecule has 1 aliphatic rings. The number of hydrogen-bond acceptors (Lipinski definition) is 0. The van der Waals surface area contributed by atoms with Crippen LogP contribution in [-0.2, 0) is 20.4 Å². The Bertz CT molecular complexity index is 183. The summed E-state index contributed by atoms with van der Waals surface area (Å²) in [5, 5.41) is 0. The molecular formula is C8H13Cl2Ti. The Kier molecular flexibility index (Phi) is 8.20. The predicted molar refractivity (Wildman–Crippen MR) is 50.2 cm³/mol. The normalized spacial score (nSPS) is 15.2. The third-order valence-corrected chi connectivity index (χ3v) is 2.77. The molecule has 0 aromatic heterocycles. The van der Waals surface area contributed by atoms with Gasteiger partial charge in [0, 0.05) is 0 Å². The van der Waals surface area contributed by atoms with Crippen LogP contribution < -0.4 is 0 Å². The third kappa shape index (κ3) is 3.33. The van der Waals surface area contributed by atoms with Crippen molar-refractivity contribution in [3.05, 3.63) is 21.1 Å². The van der Waals surface area contributed by atoms with Gasteiger partial charge in [0.15, 0.2) is 0 Å². The van der Waals surface area contributed by atoms with Crippen molar-refractivity contribution in [2.45, 2.75) is 26.7 Å². The van der Waals surface area contributed by atoms with E-state index < -0.39 is 0 Å². The summed E-state index contributed by atoms with van der Waals surface area (Å²) < 4.78 is 1.55. The van der Waals surface area contributed by atoms with E-state index in [1.807, 2.05) is 0 Å². The van der Waals surface area contributed by atoms with Crippen LogP contribution in [-0.4, -0.2) is 0 Å². The maximum atomic E-state index is 2.34. The van der Waals surface area contributed by atoms with E-state index in [0.717, 1.165) is 0 Å². The van der Waals surface area contributed by atoms with Crippen LogP contribution in [0.2, 0.25) is 0 Å². The van der Waals surface area contributed by atoms with Crippen LogP contribution in [0.1, 0.15) is 26.7 Å². The third-order valence-electron chi connectivity index (χ3n) is 1.87. The number of hydrogen-bond donors (Lipinski definition) is 0. The Hall–Kier alpha value is 0.774. The molecule has 1 rings (SSSR count). The molecule has 3 heteroatoms. The summed E-state index contributed by atoms with van der Waals surface area (Å²) in [6.45, 7) is 4.44. The van der Waals surface area contributed by atoms with E-state index in [4.69, 9.17) is 0 Å². The van der Waals surface area contributed by atoms with Crippen LogP contribution in [0.3, 0.4) is 0 Å². The van der Waals surface area contributed by atoms with Crippen LogP contribution in [0.15, 0.2) is 21.1 Å². The monoisotopic (exact) mass is 227 g/mol. The van der Waals surface area contributed by atoms with E-state index in [0.29, 0.717) is 0 Å². The SMILES string of the molecule is CCC1=CC[C]([Ti])=C1C.Cl.Cl. The standard InChI is InChI=1S/C8H11.2ClH.Ti/c1-3-8-6-4-5-7(8)2;;;/h6H,3-4H2,1-2H3;2*1H;. The fourth-order valence-corrected chi connectivity index (χ4v) is 1.54. The van der Waals surface area contributed by atoms with Gasteiger partial charge in [0.05, 0.1) is 0 Å². The molecule has 0 aromatic carbocycles. The van der Waals surface area contributed by atoms with Crippen LogP contribution in [0.25, 0.3) is 0 Å². The molecule has 0 aliphatic heterocycles. The zero-order valence-electron chi connectivity index (χ0n) is 6.81. The van der Waals surface area contributed by atoms with Crippen molar-refractivity contribution >= 4 is 24.8 Å². The average Bonchev–Trinajstić information content (AvgIpc) is 2.15. The van der Waals surface area contributed by atoms with E-state index >= 15 is 0 Å². The second-order valence-corrected chi connectivity index (χ2v) is 3.33. The molecule has 0 saturated heterocycles. The molecule has 63 valence electrons. The molecule has 0 nitrogen and oxygen atoms in total. The fourth-order valence-electron chi connectivity index (χ4n) is 1.13. The van der Waals surface area contributed by atoms with Crippen LogP contribution in [0.4, 0.5) is 0 Å². The molecule has 0 N–H and O–H groups in total. The maximum absolute atomic E-state index is 2.34. The largest absolute Gasteiger partial charge is 0.147 e. The molecule has 1 aliphatic carbocycles. The van der Waals surface area contributed by atoms with Gasteiger partial charge in [-0.1, -0.05) is 0 Å². The van der Waals surface area contributed by atoms with Gasteiger partial charge in [0.2, 0.25) is 0 Å². The van der Waals surface area contributed by atoms with Gasteiger partial charge >= 0.3 is 68.2 Å². The Morgan fingerprint density at radius 3 is 2.18 bits per heavy atom. The zero-order valence-corrected chi connectivity index (χ0v) is 10.0. The number of halogens is 2. The second-order valence-electron chi connectivity index (χ2n) is 2.39. The van der Waals surface area contributed by atoms with Gasteiger partial charge in [-0.3, -0.25) is 0 Å². The smallest absolute Gasteiger partial charge is 0.147 e. The fraction of sp³-hybridized carbons (Fsp3) is 0.500. The van der Waals surface area contributed by atoms with Crippen molar-refractivity contribution in [2.24, 2.45) is 0 Å². The van der Waals surface area contributed by atoms with Gasteiger partial charge in [-0.15, -0.1) is 24.8 Å². The van der Waals surface area contributed by atoms with Crippen molar-refractivity contribution in [3.63, 3.8) is 0 Å². The van der Waals surface area contributed by atoms with E-state index in [1.165, 1.54) is 18.4 Å². The van der Waals surface area contributed by atoms with E-state index in [9.17, 15) is 0 Å². The zero-order chi connectivity index (χ0) is 6.85. The molecular weight excluding hydrogens is 215 g/mol. The summed E-state index contributed by atoms with van der Waals surface area (Å²) in [5.41, 5.74) is 3.07. The van der Waals surface area contributed by atoms with Gasteiger partial charge in [-0.05, 0) is 0 Å². The van der Waals surface area contributed by atoms with E-state index in [-0.39, 0.29) is 24.8 Å². The molecule has 0 spiro atoms. The van der Waals surface area contributed by atoms with Crippen LogP contribution >= 0.6 is 24.8 Å². The molecule has 0 heterocycles. The van der Waals surface area contributed by atoms with Gasteiger partial charge in [-0.2, -0.15) is 0 Å². The van der Waals surface area contributed by atoms with Crippen molar-refractivity contribution in [3.8, 4) is 0 Å². The Balaban J connectivity index is 0. The van der Waals surface area contributed by atoms with Gasteiger partial charge < -0.3 is 0 Å². The summed E-state index contributed by atoms with van der Waals surface area (Å²) >= 11 is 2.22. The quantitative estimate of drug-likeness (QED) is 0.603. The molecule has 0 radical (unpaired) electrons. The van der Waals surface area contributed by atoms with E-state index in [1.54, 1.807) is 9.45 Å². The van der Waals surface area contributed by atoms with Crippen molar-refractivity contribution in [1.82, 2.24) is 0 Å².